The summed E-state index contributed by atoms with van der Waals surface area (Å²) in [6.45, 7) is 7.18. The molecule has 1 saturated heterocycles. The monoisotopic (exact) mass is 270 g/mol. The first kappa shape index (κ1) is 14.8. The summed E-state index contributed by atoms with van der Waals surface area (Å²) in [6, 6.07) is 1.93. The van der Waals surface area contributed by atoms with Gasteiger partial charge in [0.15, 0.2) is 0 Å². The Hall–Kier alpha value is -1.25. The normalized spacial score (nSPS) is 17.4. The van der Waals surface area contributed by atoms with Crippen molar-refractivity contribution in [2.45, 2.75) is 6.92 Å². The van der Waals surface area contributed by atoms with Crippen molar-refractivity contribution < 1.29 is 4.79 Å². The van der Waals surface area contributed by atoms with Crippen LogP contribution in [0.5, 0.6) is 0 Å². The number of likely N-dealkylation sites (N-methyl/N-ethyl adjacent to an activating group) is 1. The topological polar surface area (TPSA) is 59.4 Å². The Morgan fingerprint density at radius 3 is 2.61 bits per heavy atom. The van der Waals surface area contributed by atoms with Crippen LogP contribution in [0, 0.1) is 11.3 Å². The SMILES string of the molecule is CCN1CCN(/C=C(/C#N)C(=O)NCCCl)CC1. The molecule has 0 radical (unpaired) electrons. The van der Waals surface area contributed by atoms with Gasteiger partial charge in [-0.2, -0.15) is 5.26 Å². The van der Waals surface area contributed by atoms with E-state index in [0.717, 1.165) is 32.7 Å². The summed E-state index contributed by atoms with van der Waals surface area (Å²) in [5, 5.41) is 11.6. The Bertz CT molecular complexity index is 342. The molecule has 1 aliphatic rings. The summed E-state index contributed by atoms with van der Waals surface area (Å²) in [6.07, 6.45) is 1.65. The molecule has 1 N–H and O–H groups in total. The van der Waals surface area contributed by atoms with Crippen LogP contribution in [0.2, 0.25) is 0 Å². The molecule has 0 atom stereocenters. The van der Waals surface area contributed by atoms with Crippen molar-refractivity contribution in [2.24, 2.45) is 0 Å². The van der Waals surface area contributed by atoms with E-state index in [1.54, 1.807) is 6.20 Å². The van der Waals surface area contributed by atoms with Gasteiger partial charge in [-0.1, -0.05) is 6.92 Å². The molecular weight excluding hydrogens is 252 g/mol. The van der Waals surface area contributed by atoms with E-state index in [0.29, 0.717) is 12.4 Å². The van der Waals surface area contributed by atoms with Gasteiger partial charge in [0.2, 0.25) is 0 Å². The Labute approximate surface area is 113 Å². The summed E-state index contributed by atoms with van der Waals surface area (Å²) in [5.74, 6) is -0.00401. The number of carbonyl (C=O) groups is 1. The molecule has 1 rings (SSSR count). The second kappa shape index (κ2) is 7.96. The smallest absolute Gasteiger partial charge is 0.263 e. The number of nitrogens with zero attached hydrogens (tertiary/aromatic N) is 3. The van der Waals surface area contributed by atoms with Crippen LogP contribution in [0.15, 0.2) is 11.8 Å². The van der Waals surface area contributed by atoms with Crippen LogP contribution in [-0.4, -0.2) is 60.9 Å². The Morgan fingerprint density at radius 1 is 1.44 bits per heavy atom. The fourth-order valence-electron chi connectivity index (χ4n) is 1.79. The van der Waals surface area contributed by atoms with E-state index in [1.807, 2.05) is 11.0 Å². The van der Waals surface area contributed by atoms with E-state index < -0.39 is 0 Å². The lowest BCUT2D eigenvalue weighted by atomic mass is 10.2. The number of alkyl halides is 1. The van der Waals surface area contributed by atoms with Gasteiger partial charge in [-0.25, -0.2) is 0 Å². The van der Waals surface area contributed by atoms with Crippen molar-refractivity contribution in [2.75, 3.05) is 45.1 Å². The number of rotatable bonds is 5. The van der Waals surface area contributed by atoms with Crippen LogP contribution in [0.4, 0.5) is 0 Å². The number of hydrogen-bond acceptors (Lipinski definition) is 4. The highest BCUT2D eigenvalue weighted by Gasteiger charge is 2.15. The van der Waals surface area contributed by atoms with Crippen molar-refractivity contribution in [1.82, 2.24) is 15.1 Å². The minimum Gasteiger partial charge on any atom is -0.374 e. The van der Waals surface area contributed by atoms with Crippen molar-refractivity contribution in [3.8, 4) is 6.07 Å². The highest BCUT2D eigenvalue weighted by molar-refractivity contribution is 6.18. The predicted octanol–water partition coefficient (Wildman–Crippen LogP) is 0.386. The highest BCUT2D eigenvalue weighted by Crippen LogP contribution is 2.04. The molecule has 18 heavy (non-hydrogen) atoms. The van der Waals surface area contributed by atoms with Crippen LogP contribution in [-0.2, 0) is 4.79 Å². The first-order chi connectivity index (χ1) is 8.71. The van der Waals surface area contributed by atoms with Crippen LogP contribution in [0.1, 0.15) is 6.92 Å². The van der Waals surface area contributed by atoms with Gasteiger partial charge in [0, 0.05) is 44.8 Å². The number of carbonyl (C=O) groups excluding carboxylic acids is 1. The Balaban J connectivity index is 2.52. The highest BCUT2D eigenvalue weighted by atomic mass is 35.5. The zero-order valence-corrected chi connectivity index (χ0v) is 11.4. The van der Waals surface area contributed by atoms with Gasteiger partial charge in [0.25, 0.3) is 5.91 Å². The molecule has 1 amide bonds. The minimum atomic E-state index is -0.351. The molecule has 0 aromatic rings. The maximum absolute atomic E-state index is 11.6. The molecule has 1 aliphatic heterocycles. The maximum atomic E-state index is 11.6. The van der Waals surface area contributed by atoms with E-state index in [4.69, 9.17) is 16.9 Å². The minimum absolute atomic E-state index is 0.144. The van der Waals surface area contributed by atoms with Crippen molar-refractivity contribution in [3.05, 3.63) is 11.8 Å². The molecule has 0 aromatic carbocycles. The largest absolute Gasteiger partial charge is 0.374 e. The lowest BCUT2D eigenvalue weighted by molar-refractivity contribution is -0.117. The number of amides is 1. The fourth-order valence-corrected chi connectivity index (χ4v) is 1.88. The second-order valence-electron chi connectivity index (χ2n) is 4.07. The molecule has 100 valence electrons. The summed E-state index contributed by atoms with van der Waals surface area (Å²) in [4.78, 5) is 16.0. The fraction of sp³-hybridized carbons (Fsp3) is 0.667. The van der Waals surface area contributed by atoms with Crippen LogP contribution >= 0.6 is 11.6 Å². The first-order valence-corrected chi connectivity index (χ1v) is 6.67. The number of piperazine rings is 1. The van der Waals surface area contributed by atoms with Crippen LogP contribution in [0.25, 0.3) is 0 Å². The number of nitrogens with one attached hydrogen (secondary N) is 1. The van der Waals surface area contributed by atoms with Crippen molar-refractivity contribution in [1.29, 1.82) is 5.26 Å². The van der Waals surface area contributed by atoms with Crippen LogP contribution < -0.4 is 5.32 Å². The molecule has 1 fully saturated rings. The third-order valence-electron chi connectivity index (χ3n) is 2.91. The van der Waals surface area contributed by atoms with E-state index >= 15 is 0 Å². The van der Waals surface area contributed by atoms with Gasteiger partial charge in [0.1, 0.15) is 11.6 Å². The van der Waals surface area contributed by atoms with Crippen molar-refractivity contribution in [3.63, 3.8) is 0 Å². The molecule has 0 aliphatic carbocycles. The zero-order chi connectivity index (χ0) is 13.4. The summed E-state index contributed by atoms with van der Waals surface area (Å²) < 4.78 is 0. The Kier molecular flexibility index (Phi) is 6.55. The van der Waals surface area contributed by atoms with E-state index in [-0.39, 0.29) is 11.5 Å². The number of hydrogen-bond donors (Lipinski definition) is 1. The molecule has 0 aromatic heterocycles. The molecule has 0 unspecified atom stereocenters. The molecule has 0 saturated carbocycles. The summed E-state index contributed by atoms with van der Waals surface area (Å²) in [7, 11) is 0. The summed E-state index contributed by atoms with van der Waals surface area (Å²) >= 11 is 5.48. The third-order valence-corrected chi connectivity index (χ3v) is 3.10. The molecular formula is C12H19ClN4O. The molecule has 0 bridgehead atoms. The molecule has 1 heterocycles. The molecule has 6 heteroatoms. The summed E-state index contributed by atoms with van der Waals surface area (Å²) in [5.41, 5.74) is 0.144. The van der Waals surface area contributed by atoms with Gasteiger partial charge in [0.05, 0.1) is 0 Å². The number of nitriles is 1. The van der Waals surface area contributed by atoms with Gasteiger partial charge in [-0.3, -0.25) is 4.79 Å². The van der Waals surface area contributed by atoms with Gasteiger partial charge < -0.3 is 15.1 Å². The molecule has 5 nitrogen and oxygen atoms in total. The van der Waals surface area contributed by atoms with Gasteiger partial charge >= 0.3 is 0 Å². The average Bonchev–Trinajstić information content (AvgIpc) is 2.42. The van der Waals surface area contributed by atoms with Crippen LogP contribution in [0.3, 0.4) is 0 Å². The third kappa shape index (κ3) is 4.55. The second-order valence-corrected chi connectivity index (χ2v) is 4.45. The van der Waals surface area contributed by atoms with E-state index in [1.165, 1.54) is 0 Å². The standard InChI is InChI=1S/C12H19ClN4O/c1-2-16-5-7-17(8-6-16)10-11(9-14)12(18)15-4-3-13/h10H,2-8H2,1H3,(H,15,18)/b11-10-. The van der Waals surface area contributed by atoms with Gasteiger partial charge in [-0.15, -0.1) is 11.6 Å². The lowest BCUT2D eigenvalue weighted by Gasteiger charge is -2.33. The zero-order valence-electron chi connectivity index (χ0n) is 10.7. The van der Waals surface area contributed by atoms with E-state index in [9.17, 15) is 4.79 Å². The maximum Gasteiger partial charge on any atom is 0.263 e. The Morgan fingerprint density at radius 2 is 2.11 bits per heavy atom. The quantitative estimate of drug-likeness (QED) is 0.446. The van der Waals surface area contributed by atoms with Crippen molar-refractivity contribution >= 4 is 17.5 Å². The lowest BCUT2D eigenvalue weighted by Crippen LogP contribution is -2.44. The molecule has 0 spiro atoms. The first-order valence-electron chi connectivity index (χ1n) is 6.13. The number of halogens is 1. The average molecular weight is 271 g/mol. The predicted molar refractivity (Wildman–Crippen MR) is 71.1 cm³/mol. The van der Waals surface area contributed by atoms with Gasteiger partial charge in [-0.05, 0) is 6.54 Å². The van der Waals surface area contributed by atoms with E-state index in [2.05, 4.69) is 17.1 Å².